The van der Waals surface area contributed by atoms with Crippen molar-refractivity contribution in [1.29, 1.82) is 5.26 Å². The van der Waals surface area contributed by atoms with E-state index in [-0.39, 0.29) is 6.61 Å². The second-order valence-electron chi connectivity index (χ2n) is 6.48. The van der Waals surface area contributed by atoms with Crippen molar-refractivity contribution in [3.8, 4) is 11.8 Å². The largest absolute Gasteiger partial charge is 0.489 e. The molecule has 1 N–H and O–H groups in total. The van der Waals surface area contributed by atoms with Gasteiger partial charge in [-0.25, -0.2) is 4.79 Å². The van der Waals surface area contributed by atoms with E-state index in [9.17, 15) is 9.59 Å². The standard InChI is InChI=1S/C24H20N2O4/c1-17(23(27)26-20-13-11-18(15-25)12-14-20)30-24(28)22-10-6-5-7-19(22)16-29-21-8-3-2-4-9-21/h2-14,17H,16H2,1H3,(H,26,27)/t17-/m1/s1. The normalized spacial score (nSPS) is 11.1. The summed E-state index contributed by atoms with van der Waals surface area (Å²) in [7, 11) is 0. The molecule has 0 aliphatic heterocycles. The Balaban J connectivity index is 1.61. The summed E-state index contributed by atoms with van der Waals surface area (Å²) in [6, 6.07) is 24.6. The highest BCUT2D eigenvalue weighted by molar-refractivity contribution is 5.97. The number of rotatable bonds is 7. The number of nitriles is 1. The van der Waals surface area contributed by atoms with Crippen LogP contribution in [0.1, 0.15) is 28.4 Å². The second-order valence-corrected chi connectivity index (χ2v) is 6.48. The average molecular weight is 400 g/mol. The summed E-state index contributed by atoms with van der Waals surface area (Å²) in [4.78, 5) is 25.0. The maximum atomic E-state index is 12.6. The first kappa shape index (κ1) is 20.6. The third-order valence-corrected chi connectivity index (χ3v) is 4.31. The fourth-order valence-corrected chi connectivity index (χ4v) is 2.67. The second kappa shape index (κ2) is 9.89. The quantitative estimate of drug-likeness (QED) is 0.597. The number of para-hydroxylation sites is 1. The molecule has 3 rings (SSSR count). The minimum Gasteiger partial charge on any atom is -0.489 e. The smallest absolute Gasteiger partial charge is 0.339 e. The molecule has 1 amide bonds. The number of amides is 1. The van der Waals surface area contributed by atoms with Crippen LogP contribution in [0.5, 0.6) is 5.75 Å². The number of carbonyl (C=O) groups is 2. The van der Waals surface area contributed by atoms with E-state index < -0.39 is 18.0 Å². The molecule has 0 aliphatic rings. The molecule has 0 saturated carbocycles. The minimum atomic E-state index is -1.00. The molecule has 150 valence electrons. The van der Waals surface area contributed by atoms with Crippen LogP contribution in [0.3, 0.4) is 0 Å². The van der Waals surface area contributed by atoms with Crippen LogP contribution in [0.4, 0.5) is 5.69 Å². The molecule has 0 saturated heterocycles. The number of benzene rings is 3. The maximum absolute atomic E-state index is 12.6. The molecule has 1 atom stereocenters. The third kappa shape index (κ3) is 5.46. The summed E-state index contributed by atoms with van der Waals surface area (Å²) in [6.45, 7) is 1.70. The summed E-state index contributed by atoms with van der Waals surface area (Å²) in [6.07, 6.45) is -1.00. The van der Waals surface area contributed by atoms with Crippen molar-refractivity contribution in [3.63, 3.8) is 0 Å². The Labute approximate surface area is 174 Å². The first-order valence-corrected chi connectivity index (χ1v) is 9.34. The van der Waals surface area contributed by atoms with Gasteiger partial charge >= 0.3 is 5.97 Å². The number of hydrogen-bond acceptors (Lipinski definition) is 5. The molecule has 3 aromatic carbocycles. The lowest BCUT2D eigenvalue weighted by Gasteiger charge is -2.15. The summed E-state index contributed by atoms with van der Waals surface area (Å²) in [5.74, 6) is -0.383. The van der Waals surface area contributed by atoms with Crippen LogP contribution < -0.4 is 10.1 Å². The predicted molar refractivity (Wildman–Crippen MR) is 112 cm³/mol. The van der Waals surface area contributed by atoms with E-state index in [4.69, 9.17) is 14.7 Å². The summed E-state index contributed by atoms with van der Waals surface area (Å²) < 4.78 is 11.1. The van der Waals surface area contributed by atoms with E-state index in [1.165, 1.54) is 6.92 Å². The zero-order valence-electron chi connectivity index (χ0n) is 16.4. The van der Waals surface area contributed by atoms with Crippen LogP contribution >= 0.6 is 0 Å². The third-order valence-electron chi connectivity index (χ3n) is 4.31. The van der Waals surface area contributed by atoms with Crippen LogP contribution in [-0.4, -0.2) is 18.0 Å². The van der Waals surface area contributed by atoms with E-state index in [2.05, 4.69) is 5.32 Å². The highest BCUT2D eigenvalue weighted by atomic mass is 16.5. The van der Waals surface area contributed by atoms with E-state index in [0.29, 0.717) is 28.1 Å². The van der Waals surface area contributed by atoms with Crippen molar-refractivity contribution in [2.24, 2.45) is 0 Å². The molecule has 0 bridgehead atoms. The maximum Gasteiger partial charge on any atom is 0.339 e. The Kier molecular flexibility index (Phi) is 6.80. The first-order valence-electron chi connectivity index (χ1n) is 9.34. The molecular formula is C24H20N2O4. The SMILES string of the molecule is C[C@@H](OC(=O)c1ccccc1COc1ccccc1)C(=O)Nc1ccc(C#N)cc1. The molecule has 30 heavy (non-hydrogen) atoms. The molecule has 6 nitrogen and oxygen atoms in total. The van der Waals surface area contributed by atoms with Gasteiger partial charge in [0.1, 0.15) is 12.4 Å². The number of nitrogens with zero attached hydrogens (tertiary/aromatic N) is 1. The van der Waals surface area contributed by atoms with Gasteiger partial charge in [0.25, 0.3) is 5.91 Å². The van der Waals surface area contributed by atoms with Gasteiger partial charge in [0.05, 0.1) is 17.2 Å². The molecule has 6 heteroatoms. The Morgan fingerprint density at radius 2 is 1.63 bits per heavy atom. The number of hydrogen-bond donors (Lipinski definition) is 1. The number of ether oxygens (including phenoxy) is 2. The van der Waals surface area contributed by atoms with Crippen molar-refractivity contribution in [1.82, 2.24) is 0 Å². The Bertz CT molecular complexity index is 1060. The van der Waals surface area contributed by atoms with Crippen molar-refractivity contribution >= 4 is 17.6 Å². The fraction of sp³-hybridized carbons (Fsp3) is 0.125. The zero-order valence-corrected chi connectivity index (χ0v) is 16.4. The topological polar surface area (TPSA) is 88.4 Å². The van der Waals surface area contributed by atoms with Crippen molar-refractivity contribution < 1.29 is 19.1 Å². The summed E-state index contributed by atoms with van der Waals surface area (Å²) in [5.41, 5.74) is 2.00. The highest BCUT2D eigenvalue weighted by Gasteiger charge is 2.21. The van der Waals surface area contributed by atoms with Crippen LogP contribution in [-0.2, 0) is 16.1 Å². The monoisotopic (exact) mass is 400 g/mol. The van der Waals surface area contributed by atoms with Crippen LogP contribution in [0, 0.1) is 11.3 Å². The van der Waals surface area contributed by atoms with Crippen LogP contribution in [0.2, 0.25) is 0 Å². The van der Waals surface area contributed by atoms with Crippen molar-refractivity contribution in [2.45, 2.75) is 19.6 Å². The average Bonchev–Trinajstić information content (AvgIpc) is 2.79. The molecule has 0 aromatic heterocycles. The van der Waals surface area contributed by atoms with Gasteiger partial charge in [-0.3, -0.25) is 4.79 Å². The van der Waals surface area contributed by atoms with E-state index in [1.54, 1.807) is 42.5 Å². The molecule has 0 aliphatic carbocycles. The van der Waals surface area contributed by atoms with Crippen LogP contribution in [0.25, 0.3) is 0 Å². The Morgan fingerprint density at radius 1 is 0.967 bits per heavy atom. The number of esters is 1. The van der Waals surface area contributed by atoms with Gasteiger partial charge in [-0.1, -0.05) is 36.4 Å². The zero-order chi connectivity index (χ0) is 21.3. The van der Waals surface area contributed by atoms with Gasteiger partial charge in [0.15, 0.2) is 6.10 Å². The van der Waals surface area contributed by atoms with Gasteiger partial charge in [0, 0.05) is 11.3 Å². The van der Waals surface area contributed by atoms with Gasteiger partial charge in [-0.05, 0) is 49.4 Å². The summed E-state index contributed by atoms with van der Waals surface area (Å²) >= 11 is 0. The molecule has 0 heterocycles. The molecule has 0 radical (unpaired) electrons. The number of anilines is 1. The van der Waals surface area contributed by atoms with E-state index in [1.807, 2.05) is 42.5 Å². The predicted octanol–water partition coefficient (Wildman–Crippen LogP) is 4.32. The lowest BCUT2D eigenvalue weighted by Crippen LogP contribution is -2.30. The molecule has 0 spiro atoms. The van der Waals surface area contributed by atoms with Gasteiger partial charge in [0.2, 0.25) is 0 Å². The van der Waals surface area contributed by atoms with Crippen LogP contribution in [0.15, 0.2) is 78.9 Å². The molecule has 0 fully saturated rings. The number of carbonyl (C=O) groups excluding carboxylic acids is 2. The van der Waals surface area contributed by atoms with Crippen molar-refractivity contribution in [2.75, 3.05) is 5.32 Å². The van der Waals surface area contributed by atoms with E-state index >= 15 is 0 Å². The Morgan fingerprint density at radius 3 is 2.33 bits per heavy atom. The van der Waals surface area contributed by atoms with E-state index in [0.717, 1.165) is 0 Å². The lowest BCUT2D eigenvalue weighted by atomic mass is 10.1. The fourth-order valence-electron chi connectivity index (χ4n) is 2.67. The van der Waals surface area contributed by atoms with Gasteiger partial charge in [-0.2, -0.15) is 5.26 Å². The first-order chi connectivity index (χ1) is 14.6. The molecular weight excluding hydrogens is 380 g/mol. The van der Waals surface area contributed by atoms with Crippen molar-refractivity contribution in [3.05, 3.63) is 95.6 Å². The lowest BCUT2D eigenvalue weighted by molar-refractivity contribution is -0.123. The molecule has 3 aromatic rings. The number of nitrogens with one attached hydrogen (secondary N) is 1. The molecule has 0 unspecified atom stereocenters. The summed E-state index contributed by atoms with van der Waals surface area (Å²) in [5, 5.41) is 11.5. The Hall–Kier alpha value is -4.11. The highest BCUT2D eigenvalue weighted by Crippen LogP contribution is 2.17. The van der Waals surface area contributed by atoms with Gasteiger partial charge in [-0.15, -0.1) is 0 Å². The van der Waals surface area contributed by atoms with Gasteiger partial charge < -0.3 is 14.8 Å². The minimum absolute atomic E-state index is 0.196.